The topological polar surface area (TPSA) is 238 Å². The summed E-state index contributed by atoms with van der Waals surface area (Å²) in [4.78, 5) is 62.3. The van der Waals surface area contributed by atoms with Gasteiger partial charge in [-0.25, -0.2) is 32.3 Å². The number of rotatable bonds is 20. The molecule has 21 nitrogen and oxygen atoms in total. The van der Waals surface area contributed by atoms with E-state index in [0.717, 1.165) is 54.3 Å². The highest BCUT2D eigenvalue weighted by Gasteiger charge is 2.44. The number of thiazole rings is 1. The van der Waals surface area contributed by atoms with Gasteiger partial charge in [0.25, 0.3) is 5.92 Å². The standard InChI is InChI=1S/C68H79F3N12O9S/c1-37(2)59(64(87)81-31-46(85)26-54(81)63(86)74-52(33-84)43-19-21-44(22-20-43)61-39(4)72-36-93-61)82-32-51(77-78-82)42-15-13-40(14-16-42)34-90-60-57(56-38(3)50(69)28-53-49(56)29-73-83(53)55-12-10-11-25-89-55)47(41-17-18-41)27-48-58(60)75-65(91-35-68(8,70)71)76-62(48)79(9)45-23-24-80(30-45)66(88)92-67(5,6)7/h13-16,19-22,27-29,32,36-37,41,45-46,52,54-55,59,84-85H,10-12,17-18,23-26,30-31,33-35H2,1-9H3,(H,74,86)/t45-,46+,52-,54-,55?,59-/m0/s1. The highest BCUT2D eigenvalue weighted by atomic mass is 32.1. The van der Waals surface area contributed by atoms with E-state index < -0.39 is 78.9 Å². The summed E-state index contributed by atoms with van der Waals surface area (Å²) in [5, 5.41) is 39.3. The van der Waals surface area contributed by atoms with Crippen LogP contribution in [0.5, 0.6) is 11.8 Å². The number of fused-ring (bicyclic) bond motifs is 2. The molecule has 8 aromatic rings. The number of β-amino-alcohol motifs (C(OH)–C–C–N with tert-alkyl or cyclic N) is 1. The lowest BCUT2D eigenvalue weighted by Crippen LogP contribution is -2.50. The van der Waals surface area contributed by atoms with Gasteiger partial charge < -0.3 is 49.2 Å². The van der Waals surface area contributed by atoms with Gasteiger partial charge in [0.05, 0.1) is 52.7 Å². The van der Waals surface area contributed by atoms with Crippen LogP contribution in [-0.4, -0.2) is 154 Å². The van der Waals surface area contributed by atoms with Crippen molar-refractivity contribution in [2.75, 3.05) is 51.4 Å². The van der Waals surface area contributed by atoms with Crippen LogP contribution in [0.4, 0.5) is 23.8 Å². The van der Waals surface area contributed by atoms with E-state index in [0.29, 0.717) is 93.7 Å². The van der Waals surface area contributed by atoms with Gasteiger partial charge in [0, 0.05) is 86.2 Å². The predicted octanol–water partition coefficient (Wildman–Crippen LogP) is 11.4. The molecule has 1 unspecified atom stereocenters. The van der Waals surface area contributed by atoms with Crippen molar-refractivity contribution in [2.45, 2.75) is 161 Å². The predicted molar refractivity (Wildman–Crippen MR) is 345 cm³/mol. The molecule has 3 N–H and O–H groups in total. The Bertz CT molecular complexity index is 4060. The Morgan fingerprint density at radius 2 is 1.68 bits per heavy atom. The maximum atomic E-state index is 16.9. The molecule has 12 rings (SSSR count). The molecule has 4 aliphatic rings. The van der Waals surface area contributed by atoms with E-state index in [1.165, 1.54) is 27.0 Å². The summed E-state index contributed by atoms with van der Waals surface area (Å²) in [6.07, 6.45) is 6.30. The second-order valence-corrected chi connectivity index (χ2v) is 27.4. The number of likely N-dealkylation sites (tertiary alicyclic amines) is 2. The monoisotopic (exact) mass is 1300 g/mol. The number of ether oxygens (including phenoxy) is 4. The molecule has 4 fully saturated rings. The van der Waals surface area contributed by atoms with Gasteiger partial charge in [-0.3, -0.25) is 9.59 Å². The summed E-state index contributed by atoms with van der Waals surface area (Å²) in [5.74, 6) is -4.36. The van der Waals surface area contributed by atoms with Crippen LogP contribution >= 0.6 is 11.3 Å². The molecule has 1 saturated carbocycles. The zero-order valence-corrected chi connectivity index (χ0v) is 54.6. The van der Waals surface area contributed by atoms with Crippen LogP contribution in [0, 0.1) is 25.6 Å². The molecule has 1 aliphatic carbocycles. The van der Waals surface area contributed by atoms with Crippen LogP contribution in [0.15, 0.2) is 78.6 Å². The summed E-state index contributed by atoms with van der Waals surface area (Å²) < 4.78 is 74.5. The summed E-state index contributed by atoms with van der Waals surface area (Å²) in [5.41, 5.74) is 8.49. The fourth-order valence-corrected chi connectivity index (χ4v) is 13.7. The van der Waals surface area contributed by atoms with Crippen LogP contribution in [0.2, 0.25) is 0 Å². The summed E-state index contributed by atoms with van der Waals surface area (Å²) in [6.45, 7) is 13.2. The number of anilines is 1. The number of alkyl halides is 2. The number of aromatic nitrogens is 8. The van der Waals surface area contributed by atoms with Crippen molar-refractivity contribution in [3.05, 3.63) is 112 Å². The van der Waals surface area contributed by atoms with Gasteiger partial charge in [0.2, 0.25) is 11.8 Å². The number of aliphatic hydroxyl groups excluding tert-OH is 2. The molecule has 6 atom stereocenters. The average Bonchev–Trinajstić information content (AvgIpc) is 1.71. The van der Waals surface area contributed by atoms with E-state index in [9.17, 15) is 33.4 Å². The van der Waals surface area contributed by atoms with Crippen molar-refractivity contribution < 1.29 is 56.7 Å². The molecule has 3 aliphatic heterocycles. The number of nitrogens with one attached hydrogen (secondary N) is 1. The molecule has 3 saturated heterocycles. The third-order valence-electron chi connectivity index (χ3n) is 17.9. The average molecular weight is 1300 g/mol. The van der Waals surface area contributed by atoms with Gasteiger partial charge in [-0.2, -0.15) is 15.1 Å². The molecule has 7 heterocycles. The summed E-state index contributed by atoms with van der Waals surface area (Å²) in [7, 11) is 1.84. The maximum absolute atomic E-state index is 16.9. The van der Waals surface area contributed by atoms with Crippen LogP contribution < -0.4 is 19.7 Å². The van der Waals surface area contributed by atoms with E-state index in [2.05, 4.69) is 20.6 Å². The lowest BCUT2D eigenvalue weighted by molar-refractivity contribution is -0.142. The van der Waals surface area contributed by atoms with Gasteiger partial charge >= 0.3 is 12.1 Å². The maximum Gasteiger partial charge on any atom is 0.410 e. The molecule has 0 radical (unpaired) electrons. The number of amides is 3. The minimum Gasteiger partial charge on any atom is -0.486 e. The number of hydrogen-bond acceptors (Lipinski definition) is 17. The van der Waals surface area contributed by atoms with Crippen LogP contribution in [0.1, 0.15) is 139 Å². The summed E-state index contributed by atoms with van der Waals surface area (Å²) >= 11 is 1.52. The smallest absolute Gasteiger partial charge is 0.410 e. The Morgan fingerprint density at radius 1 is 0.925 bits per heavy atom. The van der Waals surface area contributed by atoms with Crippen molar-refractivity contribution in [1.29, 1.82) is 0 Å². The van der Waals surface area contributed by atoms with Crippen molar-refractivity contribution in [3.8, 4) is 44.6 Å². The van der Waals surface area contributed by atoms with E-state index in [1.807, 2.05) is 108 Å². The van der Waals surface area contributed by atoms with Crippen molar-refractivity contribution in [3.63, 3.8) is 0 Å². The Balaban J connectivity index is 0.862. The number of carbonyl (C=O) groups excluding carboxylic acids is 3. The molecule has 4 aromatic carbocycles. The minimum atomic E-state index is -3.25. The van der Waals surface area contributed by atoms with Gasteiger partial charge in [0.15, 0.2) is 18.6 Å². The van der Waals surface area contributed by atoms with Gasteiger partial charge in [0.1, 0.15) is 47.1 Å². The molecule has 4 aromatic heterocycles. The minimum absolute atomic E-state index is 0.00258. The van der Waals surface area contributed by atoms with Crippen LogP contribution in [-0.2, 0) is 25.7 Å². The van der Waals surface area contributed by atoms with Crippen LogP contribution in [0.25, 0.3) is 54.6 Å². The van der Waals surface area contributed by atoms with Crippen molar-refractivity contribution >= 4 is 56.9 Å². The highest BCUT2D eigenvalue weighted by molar-refractivity contribution is 7.13. The fraction of sp³-hybridized carbons (Fsp3) is 0.485. The lowest BCUT2D eigenvalue weighted by Gasteiger charge is -2.30. The molecule has 0 spiro atoms. The van der Waals surface area contributed by atoms with Gasteiger partial charge in [-0.1, -0.05) is 67.6 Å². The number of aryl methyl sites for hydroxylation is 1. The normalized spacial score (nSPS) is 19.4. The number of hydrogen-bond donors (Lipinski definition) is 3. The number of likely N-dealkylation sites (N-methyl/N-ethyl adjacent to an activating group) is 1. The summed E-state index contributed by atoms with van der Waals surface area (Å²) in [6, 6.07) is 15.1. The molecule has 25 heteroatoms. The van der Waals surface area contributed by atoms with E-state index in [1.54, 1.807) is 34.4 Å². The molecular formula is C68H79F3N12O9S. The molecule has 0 bridgehead atoms. The zero-order chi connectivity index (χ0) is 65.8. The second kappa shape index (κ2) is 26.3. The zero-order valence-electron chi connectivity index (χ0n) is 53.7. The third-order valence-corrected chi connectivity index (χ3v) is 18.9. The molecule has 93 heavy (non-hydrogen) atoms. The SMILES string of the molecule is Cc1ncsc1-c1ccc([C@H](CO)NC(=O)[C@@H]2C[C@@H](O)CN2C(=O)[C@H](C(C)C)n2cc(-c3ccc(COc4c(-c5c(C)c(F)cc6c5cnn6C5CCCCO5)c(C5CC5)cc5c(N(C)[C@H]6CCN(C(=O)OC(C)(C)C)C6)nc(OCC(C)(F)F)nc45)cc3)nn2)cc1. The Kier molecular flexibility index (Phi) is 18.3. The van der Waals surface area contributed by atoms with Gasteiger partial charge in [-0.15, -0.1) is 16.4 Å². The number of aliphatic hydroxyl groups is 2. The van der Waals surface area contributed by atoms with E-state index >= 15 is 4.39 Å². The van der Waals surface area contributed by atoms with Crippen LogP contribution in [0.3, 0.4) is 0 Å². The molecule has 3 amide bonds. The quantitative estimate of drug-likeness (QED) is 0.0643. The number of benzene rings is 4. The first-order valence-electron chi connectivity index (χ1n) is 31.8. The Labute approximate surface area is 541 Å². The Morgan fingerprint density at radius 3 is 2.34 bits per heavy atom. The molecule has 492 valence electrons. The third kappa shape index (κ3) is 13.7. The largest absolute Gasteiger partial charge is 0.486 e. The number of halogens is 3. The first kappa shape index (κ1) is 64.8. The lowest BCUT2D eigenvalue weighted by atomic mass is 9.88. The van der Waals surface area contributed by atoms with Crippen molar-refractivity contribution in [2.24, 2.45) is 5.92 Å². The number of nitrogens with zero attached hydrogens (tertiary/aromatic N) is 11. The van der Waals surface area contributed by atoms with Crippen molar-refractivity contribution in [1.82, 2.24) is 54.8 Å². The highest BCUT2D eigenvalue weighted by Crippen LogP contribution is 2.54. The Hall–Kier alpha value is -8.26. The first-order chi connectivity index (χ1) is 44.4. The number of carbonyl (C=O) groups is 3. The second-order valence-electron chi connectivity index (χ2n) is 26.5. The van der Waals surface area contributed by atoms with E-state index in [4.69, 9.17) is 34.0 Å². The van der Waals surface area contributed by atoms with E-state index in [-0.39, 0.29) is 54.7 Å². The molecular weight excluding hydrogens is 1220 g/mol. The first-order valence-corrected chi connectivity index (χ1v) is 32.7. The van der Waals surface area contributed by atoms with Gasteiger partial charge in [-0.05, 0) is 119 Å². The fourth-order valence-electron chi connectivity index (χ4n) is 12.9.